The first-order valence-corrected chi connectivity index (χ1v) is 11.8. The van der Waals surface area contributed by atoms with Crippen LogP contribution < -0.4 is 14.8 Å². The van der Waals surface area contributed by atoms with Crippen molar-refractivity contribution in [3.63, 3.8) is 0 Å². The number of hydrogen-bond acceptors (Lipinski definition) is 7. The molecule has 2 aromatic rings. The predicted molar refractivity (Wildman–Crippen MR) is 119 cm³/mol. The van der Waals surface area contributed by atoms with Gasteiger partial charge in [-0.05, 0) is 44.5 Å². The first-order chi connectivity index (χ1) is 13.7. The van der Waals surface area contributed by atoms with E-state index in [0.29, 0.717) is 5.75 Å². The van der Waals surface area contributed by atoms with E-state index in [-0.39, 0.29) is 17.4 Å². The van der Waals surface area contributed by atoms with Crippen LogP contribution in [0.15, 0.2) is 34.6 Å². The number of amidine groups is 1. The Bertz CT molecular complexity index is 969. The highest BCUT2D eigenvalue weighted by Crippen LogP contribution is 2.51. The average molecular weight is 431 g/mol. The fourth-order valence-corrected chi connectivity index (χ4v) is 5.81. The Balaban J connectivity index is 1.87. The molecule has 0 amide bonds. The molecular formula is C22H26N2O3S2. The number of hydrogen-bond donors (Lipinski definition) is 1. The van der Waals surface area contributed by atoms with E-state index < -0.39 is 5.72 Å². The molecule has 0 saturated heterocycles. The Hall–Kier alpha value is -1.99. The molecule has 1 N–H and O–H groups in total. The molecule has 2 unspecified atom stereocenters. The smallest absolute Gasteiger partial charge is 0.308 e. The molecule has 1 spiro atoms. The molecule has 1 aromatic carbocycles. The number of nitrogens with zero attached hydrogens (tertiary/aromatic N) is 1. The van der Waals surface area contributed by atoms with Gasteiger partial charge in [0.1, 0.15) is 11.5 Å². The molecule has 5 nitrogen and oxygen atoms in total. The molecular weight excluding hydrogens is 404 g/mol. The van der Waals surface area contributed by atoms with E-state index in [0.717, 1.165) is 34.9 Å². The number of benzene rings is 1. The molecule has 2 aliphatic rings. The van der Waals surface area contributed by atoms with Crippen LogP contribution in [0.4, 0.5) is 0 Å². The molecule has 0 radical (unpaired) electrons. The molecule has 2 aliphatic heterocycles. The van der Waals surface area contributed by atoms with Crippen molar-refractivity contribution in [2.45, 2.75) is 57.7 Å². The van der Waals surface area contributed by atoms with Crippen LogP contribution >= 0.6 is 23.1 Å². The number of fused-ring (bicyclic) bond motifs is 1. The van der Waals surface area contributed by atoms with Crippen molar-refractivity contribution in [2.75, 3.05) is 6.26 Å². The maximum absolute atomic E-state index is 11.6. The van der Waals surface area contributed by atoms with Crippen molar-refractivity contribution in [2.24, 2.45) is 4.99 Å². The summed E-state index contributed by atoms with van der Waals surface area (Å²) in [5.74, 6) is 1.18. The molecule has 154 valence electrons. The van der Waals surface area contributed by atoms with Crippen molar-refractivity contribution in [1.82, 2.24) is 5.32 Å². The zero-order chi connectivity index (χ0) is 20.8. The average Bonchev–Trinajstić information content (AvgIpc) is 3.16. The summed E-state index contributed by atoms with van der Waals surface area (Å²) in [6.07, 6.45) is 3.56. The molecule has 0 bridgehead atoms. The molecule has 4 rings (SSSR count). The van der Waals surface area contributed by atoms with Gasteiger partial charge in [-0.25, -0.2) is 4.99 Å². The summed E-state index contributed by atoms with van der Waals surface area (Å²) in [6, 6.07) is 8.17. The van der Waals surface area contributed by atoms with E-state index >= 15 is 0 Å². The van der Waals surface area contributed by atoms with E-state index in [1.165, 1.54) is 11.8 Å². The highest BCUT2D eigenvalue weighted by molar-refractivity contribution is 8.13. The van der Waals surface area contributed by atoms with Crippen LogP contribution in [0.25, 0.3) is 0 Å². The van der Waals surface area contributed by atoms with Crippen LogP contribution in [0.5, 0.6) is 11.5 Å². The molecule has 0 saturated carbocycles. The molecule has 0 aliphatic carbocycles. The number of thiophene rings is 1. The van der Waals surface area contributed by atoms with E-state index in [2.05, 4.69) is 36.7 Å². The Morgan fingerprint density at radius 2 is 2.17 bits per heavy atom. The van der Waals surface area contributed by atoms with Gasteiger partial charge in [0.2, 0.25) is 5.72 Å². The summed E-state index contributed by atoms with van der Waals surface area (Å²) in [5, 5.41) is 6.51. The largest absolute Gasteiger partial charge is 0.465 e. The maximum atomic E-state index is 11.6. The minimum atomic E-state index is -0.658. The lowest BCUT2D eigenvalue weighted by atomic mass is 9.79. The number of carbonyl (C=O) groups excluding carboxylic acids is 1. The summed E-state index contributed by atoms with van der Waals surface area (Å²) in [5.41, 5.74) is 1.17. The third-order valence-corrected chi connectivity index (χ3v) is 6.95. The van der Waals surface area contributed by atoms with Crippen LogP contribution in [0, 0.1) is 6.92 Å². The lowest BCUT2D eigenvalue weighted by Crippen LogP contribution is -2.56. The highest BCUT2D eigenvalue weighted by atomic mass is 32.2. The molecule has 1 aromatic heterocycles. The summed E-state index contributed by atoms with van der Waals surface area (Å²) < 4.78 is 12.1. The van der Waals surface area contributed by atoms with Crippen molar-refractivity contribution in [3.05, 3.63) is 45.6 Å². The second-order valence-electron chi connectivity index (χ2n) is 8.33. The Kier molecular flexibility index (Phi) is 5.15. The Morgan fingerprint density at radius 3 is 2.83 bits per heavy atom. The molecule has 0 fully saturated rings. The molecule has 7 heteroatoms. The number of ether oxygens (including phenoxy) is 2. The summed E-state index contributed by atoms with van der Waals surface area (Å²) in [4.78, 5) is 17.9. The number of aliphatic imine (C=N–C) groups is 1. The Morgan fingerprint density at radius 1 is 1.38 bits per heavy atom. The van der Waals surface area contributed by atoms with Gasteiger partial charge in [-0.15, -0.1) is 11.3 Å². The molecule has 3 heterocycles. The normalized spacial score (nSPS) is 24.9. The van der Waals surface area contributed by atoms with Gasteiger partial charge in [0.05, 0.1) is 0 Å². The summed E-state index contributed by atoms with van der Waals surface area (Å²) >= 11 is 3.36. The van der Waals surface area contributed by atoms with Crippen molar-refractivity contribution < 1.29 is 14.3 Å². The van der Waals surface area contributed by atoms with Gasteiger partial charge >= 0.3 is 5.97 Å². The lowest BCUT2D eigenvalue weighted by molar-refractivity contribution is -0.131. The topological polar surface area (TPSA) is 59.9 Å². The number of rotatable bonds is 2. The van der Waals surface area contributed by atoms with Crippen LogP contribution in [0.2, 0.25) is 0 Å². The fraction of sp³-hybridized carbons (Fsp3) is 0.455. The van der Waals surface area contributed by atoms with Crippen molar-refractivity contribution in [3.8, 4) is 11.5 Å². The minimum absolute atomic E-state index is 0.140. The van der Waals surface area contributed by atoms with Gasteiger partial charge in [0.15, 0.2) is 5.17 Å². The zero-order valence-corrected chi connectivity index (χ0v) is 19.0. The van der Waals surface area contributed by atoms with Crippen LogP contribution in [-0.4, -0.2) is 28.7 Å². The van der Waals surface area contributed by atoms with Crippen molar-refractivity contribution >= 4 is 34.2 Å². The van der Waals surface area contributed by atoms with E-state index in [1.807, 2.05) is 25.3 Å². The standard InChI is InChI=1S/C22H26N2O3S2/c1-13-17(26-14(2)25)9-8-15-16(18-7-6-10-29-18)11-22(27-19(13)15)12-21(3,4)23-20(24-22)28-5/h6-10,16H,11-12H2,1-5H3,(H,23,24). The quantitative estimate of drug-likeness (QED) is 0.532. The minimum Gasteiger partial charge on any atom is -0.465 e. The van der Waals surface area contributed by atoms with Crippen molar-refractivity contribution in [1.29, 1.82) is 0 Å². The monoisotopic (exact) mass is 430 g/mol. The number of esters is 1. The second kappa shape index (κ2) is 7.36. The van der Waals surface area contributed by atoms with Crippen LogP contribution in [0.3, 0.4) is 0 Å². The number of thioether (sulfide) groups is 1. The van der Waals surface area contributed by atoms with Gasteiger partial charge in [0, 0.05) is 47.2 Å². The first kappa shape index (κ1) is 20.3. The third kappa shape index (κ3) is 3.90. The first-order valence-electron chi connectivity index (χ1n) is 9.68. The fourth-order valence-electron chi connectivity index (χ4n) is 4.32. The molecule has 2 atom stereocenters. The van der Waals surface area contributed by atoms with E-state index in [4.69, 9.17) is 14.5 Å². The van der Waals surface area contributed by atoms with E-state index in [9.17, 15) is 4.79 Å². The Labute approximate surface area is 179 Å². The van der Waals surface area contributed by atoms with Crippen LogP contribution in [0.1, 0.15) is 55.5 Å². The summed E-state index contributed by atoms with van der Waals surface area (Å²) in [7, 11) is 0. The van der Waals surface area contributed by atoms with Gasteiger partial charge in [-0.1, -0.05) is 23.9 Å². The van der Waals surface area contributed by atoms with Gasteiger partial charge in [0.25, 0.3) is 0 Å². The molecule has 29 heavy (non-hydrogen) atoms. The van der Waals surface area contributed by atoms with Gasteiger partial charge in [-0.3, -0.25) is 4.79 Å². The predicted octanol–water partition coefficient (Wildman–Crippen LogP) is 5.08. The maximum Gasteiger partial charge on any atom is 0.308 e. The van der Waals surface area contributed by atoms with Crippen LogP contribution in [-0.2, 0) is 4.79 Å². The van der Waals surface area contributed by atoms with E-state index in [1.54, 1.807) is 23.1 Å². The number of carbonyl (C=O) groups is 1. The SMILES string of the molecule is CSC1=NC2(CC(c3cccs3)c3ccc(OC(C)=O)c(C)c3O2)CC(C)(C)N1. The zero-order valence-electron chi connectivity index (χ0n) is 17.4. The highest BCUT2D eigenvalue weighted by Gasteiger charge is 2.48. The second-order valence-corrected chi connectivity index (χ2v) is 10.1. The van der Waals surface area contributed by atoms with Gasteiger partial charge in [-0.2, -0.15) is 0 Å². The lowest BCUT2D eigenvalue weighted by Gasteiger charge is -2.47. The number of nitrogens with one attached hydrogen (secondary N) is 1. The third-order valence-electron chi connectivity index (χ3n) is 5.38. The summed E-state index contributed by atoms with van der Waals surface area (Å²) in [6.45, 7) is 7.73. The van der Waals surface area contributed by atoms with Gasteiger partial charge < -0.3 is 14.8 Å².